The standard InChI is InChI=1S/C13H13NO4S2/c1-2-17-9-5-3-4-8-11(9)18-12(14-8)7(13(16)20)6-10(15)19/h3-5,7H,2,6H2,1H3,(H,15,19)(H,16,20). The molecule has 2 rings (SSSR count). The summed E-state index contributed by atoms with van der Waals surface area (Å²) < 4.78 is 11.0. The Bertz CT molecular complexity index is 653. The lowest BCUT2D eigenvalue weighted by atomic mass is 10.1. The molecule has 0 saturated carbocycles. The Morgan fingerprint density at radius 1 is 1.40 bits per heavy atom. The van der Waals surface area contributed by atoms with Gasteiger partial charge in [0.1, 0.15) is 11.4 Å². The molecule has 2 aromatic rings. The Kier molecular flexibility index (Phi) is 4.72. The van der Waals surface area contributed by atoms with Gasteiger partial charge >= 0.3 is 0 Å². The Morgan fingerprint density at radius 2 is 2.15 bits per heavy atom. The van der Waals surface area contributed by atoms with Gasteiger partial charge in [0.05, 0.1) is 6.61 Å². The summed E-state index contributed by atoms with van der Waals surface area (Å²) in [5.41, 5.74) is 1.02. The van der Waals surface area contributed by atoms with Gasteiger partial charge in [-0.3, -0.25) is 9.59 Å². The molecule has 0 bridgehead atoms. The molecule has 0 aliphatic heterocycles. The first-order chi connectivity index (χ1) is 9.52. The van der Waals surface area contributed by atoms with E-state index in [4.69, 9.17) is 9.15 Å². The molecular weight excluding hydrogens is 298 g/mol. The second kappa shape index (κ2) is 6.32. The zero-order chi connectivity index (χ0) is 14.7. The van der Waals surface area contributed by atoms with Crippen molar-refractivity contribution in [1.29, 1.82) is 0 Å². The number of aromatic nitrogens is 1. The van der Waals surface area contributed by atoms with Gasteiger partial charge in [-0.05, 0) is 19.1 Å². The molecule has 1 unspecified atom stereocenters. The number of carbonyl (C=O) groups is 2. The van der Waals surface area contributed by atoms with Crippen molar-refractivity contribution in [2.75, 3.05) is 6.61 Å². The van der Waals surface area contributed by atoms with Crippen LogP contribution in [0, 0.1) is 0 Å². The van der Waals surface area contributed by atoms with Crippen LogP contribution in [0.1, 0.15) is 25.2 Å². The molecule has 1 aromatic carbocycles. The number of rotatable bonds is 6. The number of thiol groups is 2. The van der Waals surface area contributed by atoms with Crippen LogP contribution in [0.5, 0.6) is 5.75 Å². The normalized spacial score (nSPS) is 12.3. The maximum Gasteiger partial charge on any atom is 0.207 e. The Morgan fingerprint density at radius 3 is 2.75 bits per heavy atom. The molecule has 0 N–H and O–H groups in total. The number of oxazole rings is 1. The van der Waals surface area contributed by atoms with E-state index >= 15 is 0 Å². The molecule has 0 aliphatic carbocycles. The molecule has 1 aromatic heterocycles. The van der Waals surface area contributed by atoms with Gasteiger partial charge < -0.3 is 9.15 Å². The minimum absolute atomic E-state index is 0.109. The molecule has 1 atom stereocenters. The molecule has 1 heterocycles. The lowest BCUT2D eigenvalue weighted by molar-refractivity contribution is -0.117. The van der Waals surface area contributed by atoms with E-state index in [-0.39, 0.29) is 12.3 Å². The molecular formula is C13H13NO4S2. The number of hydrogen-bond acceptors (Lipinski definition) is 5. The highest BCUT2D eigenvalue weighted by molar-refractivity contribution is 7.97. The van der Waals surface area contributed by atoms with Gasteiger partial charge in [0, 0.05) is 6.42 Å². The van der Waals surface area contributed by atoms with Crippen LogP contribution >= 0.6 is 25.3 Å². The van der Waals surface area contributed by atoms with Crippen LogP contribution in [0.25, 0.3) is 11.1 Å². The first kappa shape index (κ1) is 14.9. The Labute approximate surface area is 126 Å². The molecule has 5 nitrogen and oxygen atoms in total. The summed E-state index contributed by atoms with van der Waals surface area (Å²) in [6.07, 6.45) is -0.109. The fraction of sp³-hybridized carbons (Fsp3) is 0.308. The number of hydrogen-bond donors (Lipinski definition) is 2. The average molecular weight is 311 g/mol. The van der Waals surface area contributed by atoms with Gasteiger partial charge in [0.2, 0.25) is 5.89 Å². The Balaban J connectivity index is 2.46. The molecule has 0 fully saturated rings. The van der Waals surface area contributed by atoms with Crippen molar-refractivity contribution in [3.05, 3.63) is 24.1 Å². The van der Waals surface area contributed by atoms with Gasteiger partial charge in [0.15, 0.2) is 21.6 Å². The van der Waals surface area contributed by atoms with Crippen molar-refractivity contribution in [2.45, 2.75) is 19.3 Å². The summed E-state index contributed by atoms with van der Waals surface area (Å²) in [4.78, 5) is 26.8. The highest BCUT2D eigenvalue weighted by Crippen LogP contribution is 2.31. The smallest absolute Gasteiger partial charge is 0.207 e. The van der Waals surface area contributed by atoms with Crippen molar-refractivity contribution in [3.8, 4) is 5.75 Å². The van der Waals surface area contributed by atoms with E-state index < -0.39 is 16.1 Å². The van der Waals surface area contributed by atoms with Crippen LogP contribution in [0.15, 0.2) is 22.6 Å². The van der Waals surface area contributed by atoms with Crippen LogP contribution in [0.2, 0.25) is 0 Å². The SMILES string of the molecule is CCOc1cccc2nc(C(CC(=O)S)C(=O)S)oc12. The molecule has 0 aliphatic rings. The largest absolute Gasteiger partial charge is 0.490 e. The van der Waals surface area contributed by atoms with E-state index in [1.807, 2.05) is 6.92 Å². The zero-order valence-corrected chi connectivity index (χ0v) is 12.5. The first-order valence-electron chi connectivity index (χ1n) is 5.99. The van der Waals surface area contributed by atoms with Gasteiger partial charge in [-0.25, -0.2) is 4.98 Å². The van der Waals surface area contributed by atoms with E-state index in [0.717, 1.165) is 0 Å². The third-order valence-corrected chi connectivity index (χ3v) is 3.16. The van der Waals surface area contributed by atoms with Crippen LogP contribution in [0.3, 0.4) is 0 Å². The monoisotopic (exact) mass is 311 g/mol. The number of ether oxygens (including phenoxy) is 1. The van der Waals surface area contributed by atoms with Crippen LogP contribution in [-0.4, -0.2) is 21.8 Å². The van der Waals surface area contributed by atoms with Crippen LogP contribution in [-0.2, 0) is 9.59 Å². The Hall–Kier alpha value is -1.47. The summed E-state index contributed by atoms with van der Waals surface area (Å²) >= 11 is 7.45. The molecule has 0 amide bonds. The number of carbonyl (C=O) groups excluding carboxylic acids is 2. The van der Waals surface area contributed by atoms with Gasteiger partial charge in [-0.2, -0.15) is 0 Å². The highest BCUT2D eigenvalue weighted by Gasteiger charge is 2.26. The van der Waals surface area contributed by atoms with Crippen molar-refractivity contribution in [1.82, 2.24) is 4.98 Å². The summed E-state index contributed by atoms with van der Waals surface area (Å²) in [5.74, 6) is -0.147. The quantitative estimate of drug-likeness (QED) is 0.803. The third-order valence-electron chi connectivity index (χ3n) is 2.67. The maximum atomic E-state index is 11.5. The summed E-state index contributed by atoms with van der Waals surface area (Å²) in [6, 6.07) is 5.27. The summed E-state index contributed by atoms with van der Waals surface area (Å²) in [5, 5.41) is -0.915. The minimum Gasteiger partial charge on any atom is -0.490 e. The predicted octanol–water partition coefficient (Wildman–Crippen LogP) is 2.61. The van der Waals surface area contributed by atoms with E-state index in [2.05, 4.69) is 30.2 Å². The van der Waals surface area contributed by atoms with Crippen molar-refractivity contribution in [2.24, 2.45) is 0 Å². The fourth-order valence-corrected chi connectivity index (χ4v) is 2.20. The van der Waals surface area contributed by atoms with Gasteiger partial charge in [0.25, 0.3) is 0 Å². The zero-order valence-electron chi connectivity index (χ0n) is 10.7. The average Bonchev–Trinajstić information content (AvgIpc) is 2.80. The van der Waals surface area contributed by atoms with E-state index in [0.29, 0.717) is 23.5 Å². The predicted molar refractivity (Wildman–Crippen MR) is 80.5 cm³/mol. The van der Waals surface area contributed by atoms with Crippen LogP contribution < -0.4 is 4.74 Å². The summed E-state index contributed by atoms with van der Waals surface area (Å²) in [6.45, 7) is 2.34. The lowest BCUT2D eigenvalue weighted by Crippen LogP contribution is -2.10. The first-order valence-corrected chi connectivity index (χ1v) is 6.89. The maximum absolute atomic E-state index is 11.5. The second-order valence-corrected chi connectivity index (χ2v) is 5.02. The lowest BCUT2D eigenvalue weighted by Gasteiger charge is -2.05. The topological polar surface area (TPSA) is 69.4 Å². The van der Waals surface area contributed by atoms with Gasteiger partial charge in [-0.15, -0.1) is 25.3 Å². The van der Waals surface area contributed by atoms with Crippen LogP contribution in [0.4, 0.5) is 0 Å². The second-order valence-electron chi connectivity index (χ2n) is 4.08. The molecule has 0 spiro atoms. The fourth-order valence-electron chi connectivity index (χ4n) is 1.81. The minimum atomic E-state index is -0.842. The molecule has 0 saturated heterocycles. The van der Waals surface area contributed by atoms with E-state index in [9.17, 15) is 9.59 Å². The number of fused-ring (bicyclic) bond motifs is 1. The summed E-state index contributed by atoms with van der Waals surface area (Å²) in [7, 11) is 0. The van der Waals surface area contributed by atoms with E-state index in [1.54, 1.807) is 18.2 Å². The highest BCUT2D eigenvalue weighted by atomic mass is 32.1. The molecule has 7 heteroatoms. The third kappa shape index (κ3) is 3.16. The number of para-hydroxylation sites is 1. The van der Waals surface area contributed by atoms with Crippen molar-refractivity contribution < 1.29 is 18.7 Å². The number of benzene rings is 1. The van der Waals surface area contributed by atoms with Gasteiger partial charge in [-0.1, -0.05) is 6.07 Å². The van der Waals surface area contributed by atoms with Crippen molar-refractivity contribution in [3.63, 3.8) is 0 Å². The molecule has 0 radical (unpaired) electrons. The van der Waals surface area contributed by atoms with E-state index in [1.165, 1.54) is 0 Å². The number of nitrogens with zero attached hydrogens (tertiary/aromatic N) is 1. The molecule has 106 valence electrons. The molecule has 20 heavy (non-hydrogen) atoms. The van der Waals surface area contributed by atoms with Crippen molar-refractivity contribution >= 4 is 46.6 Å².